The van der Waals surface area contributed by atoms with Gasteiger partial charge < -0.3 is 21.1 Å². The first-order chi connectivity index (χ1) is 17.4. The van der Waals surface area contributed by atoms with Crippen LogP contribution in [0.2, 0.25) is 5.02 Å². The maximum absolute atomic E-state index is 14.9. The molecule has 2 aliphatic rings. The van der Waals surface area contributed by atoms with Crippen LogP contribution in [-0.2, 0) is 28.2 Å². The van der Waals surface area contributed by atoms with E-state index in [9.17, 15) is 17.9 Å². The van der Waals surface area contributed by atoms with Gasteiger partial charge in [-0.25, -0.2) is 12.8 Å². The van der Waals surface area contributed by atoms with Gasteiger partial charge in [0, 0.05) is 37.6 Å². The molecule has 1 aliphatic heterocycles. The largest absolute Gasteiger partial charge is 0.391 e. The van der Waals surface area contributed by atoms with Gasteiger partial charge in [-0.3, -0.25) is 0 Å². The average molecular weight is 552 g/mol. The van der Waals surface area contributed by atoms with Crippen LogP contribution in [0.3, 0.4) is 0 Å². The summed E-state index contributed by atoms with van der Waals surface area (Å²) in [7, 11) is -3.38. The molecule has 0 radical (unpaired) electrons. The van der Waals surface area contributed by atoms with Gasteiger partial charge in [0.05, 0.1) is 28.3 Å². The van der Waals surface area contributed by atoms with E-state index in [1.807, 2.05) is 12.1 Å². The molecular formula is C28H39ClFN3O3S. The second kappa shape index (κ2) is 11.6. The number of anilines is 1. The van der Waals surface area contributed by atoms with Crippen molar-refractivity contribution in [2.24, 2.45) is 5.92 Å². The minimum absolute atomic E-state index is 0.00387. The van der Waals surface area contributed by atoms with E-state index < -0.39 is 33.7 Å². The monoisotopic (exact) mass is 551 g/mol. The van der Waals surface area contributed by atoms with Crippen LogP contribution in [0.15, 0.2) is 36.4 Å². The fourth-order valence-corrected chi connectivity index (χ4v) is 7.18. The number of halogens is 2. The number of aliphatic hydroxyl groups is 1. The lowest BCUT2D eigenvalue weighted by Crippen LogP contribution is -2.54. The number of benzene rings is 2. The number of aliphatic hydroxyl groups excluding tert-OH is 1. The third-order valence-electron chi connectivity index (χ3n) is 7.20. The highest BCUT2D eigenvalue weighted by atomic mass is 35.5. The molecule has 4 N–H and O–H groups in total. The summed E-state index contributed by atoms with van der Waals surface area (Å²) >= 11 is 6.37. The SMILES string of the molecule is CC(C)(C)c1cccc(CN[C@H]2CS(=O)(=O)C[C@@H](Cc3cc(F)c(NCCNC4CC4)c(Cl)c3)[C@@H]2O)c1. The predicted octanol–water partition coefficient (Wildman–Crippen LogP) is 4.05. The van der Waals surface area contributed by atoms with E-state index in [0.29, 0.717) is 24.7 Å². The molecule has 204 valence electrons. The first kappa shape index (κ1) is 28.3. The topological polar surface area (TPSA) is 90.5 Å². The molecule has 0 unspecified atom stereocenters. The first-order valence-corrected chi connectivity index (χ1v) is 15.3. The summed E-state index contributed by atoms with van der Waals surface area (Å²) in [6.07, 6.45) is 1.71. The summed E-state index contributed by atoms with van der Waals surface area (Å²) in [5, 5.41) is 21.0. The normalized spacial score (nSPS) is 23.7. The number of sulfone groups is 1. The van der Waals surface area contributed by atoms with Crippen LogP contribution in [0.25, 0.3) is 0 Å². The zero-order valence-electron chi connectivity index (χ0n) is 21.9. The van der Waals surface area contributed by atoms with Crippen LogP contribution < -0.4 is 16.0 Å². The van der Waals surface area contributed by atoms with Gasteiger partial charge in [0.15, 0.2) is 9.84 Å². The van der Waals surface area contributed by atoms with Crippen molar-refractivity contribution < 1.29 is 17.9 Å². The van der Waals surface area contributed by atoms with E-state index in [2.05, 4.69) is 48.9 Å². The third kappa shape index (κ3) is 7.90. The first-order valence-electron chi connectivity index (χ1n) is 13.1. The van der Waals surface area contributed by atoms with E-state index in [1.165, 1.54) is 24.5 Å². The molecule has 1 saturated carbocycles. The molecular weight excluding hydrogens is 513 g/mol. The highest BCUT2D eigenvalue weighted by molar-refractivity contribution is 7.91. The van der Waals surface area contributed by atoms with Crippen molar-refractivity contribution in [1.82, 2.24) is 10.6 Å². The van der Waals surface area contributed by atoms with Crippen molar-refractivity contribution in [3.63, 3.8) is 0 Å². The standard InChI is InChI=1S/C28H39ClFN3O3S/c1-28(2,3)21-6-4-5-18(12-21)15-33-25-17-37(35,36)16-20(27(25)34)11-19-13-23(29)26(24(30)14-19)32-10-9-31-22-7-8-22/h4-6,12-14,20,22,25,27,31-34H,7-11,15-17H2,1-3H3/t20-,25+,27+/m1/s1. The Morgan fingerprint density at radius 1 is 1.05 bits per heavy atom. The molecule has 9 heteroatoms. The summed E-state index contributed by atoms with van der Waals surface area (Å²) in [6, 6.07) is 11.2. The number of rotatable bonds is 10. The van der Waals surface area contributed by atoms with Crippen molar-refractivity contribution in [2.75, 3.05) is 29.9 Å². The zero-order valence-corrected chi connectivity index (χ0v) is 23.4. The maximum atomic E-state index is 14.9. The summed E-state index contributed by atoms with van der Waals surface area (Å²) in [6.45, 7) is 8.16. The Kier molecular flexibility index (Phi) is 8.86. The Morgan fingerprint density at radius 2 is 1.81 bits per heavy atom. The lowest BCUT2D eigenvalue weighted by molar-refractivity contribution is 0.0781. The molecule has 2 aromatic rings. The lowest BCUT2D eigenvalue weighted by Gasteiger charge is -2.35. The lowest BCUT2D eigenvalue weighted by atomic mass is 9.86. The van der Waals surface area contributed by atoms with E-state index in [1.54, 1.807) is 6.07 Å². The van der Waals surface area contributed by atoms with Gasteiger partial charge in [0.1, 0.15) is 5.82 Å². The second-order valence-electron chi connectivity index (χ2n) is 11.6. The molecule has 2 fully saturated rings. The Labute approximate surface area is 225 Å². The van der Waals surface area contributed by atoms with Gasteiger partial charge in [-0.1, -0.05) is 56.6 Å². The Hall–Kier alpha value is -1.71. The number of hydrogen-bond donors (Lipinski definition) is 4. The van der Waals surface area contributed by atoms with Crippen LogP contribution >= 0.6 is 11.6 Å². The average Bonchev–Trinajstić information content (AvgIpc) is 3.63. The molecule has 1 saturated heterocycles. The van der Waals surface area contributed by atoms with Crippen LogP contribution in [-0.4, -0.2) is 56.3 Å². The molecule has 0 spiro atoms. The minimum Gasteiger partial charge on any atom is -0.391 e. The summed E-state index contributed by atoms with van der Waals surface area (Å²) < 4.78 is 40.3. The fraction of sp³-hybridized carbons (Fsp3) is 0.571. The molecule has 0 aromatic heterocycles. The van der Waals surface area contributed by atoms with Gasteiger partial charge >= 0.3 is 0 Å². The molecule has 6 nitrogen and oxygen atoms in total. The molecule has 1 aliphatic carbocycles. The Balaban J connectivity index is 1.40. The molecule has 3 atom stereocenters. The fourth-order valence-electron chi connectivity index (χ4n) is 4.92. The van der Waals surface area contributed by atoms with Crippen molar-refractivity contribution in [1.29, 1.82) is 0 Å². The molecule has 0 amide bonds. The van der Waals surface area contributed by atoms with Crippen LogP contribution in [0, 0.1) is 11.7 Å². The van der Waals surface area contributed by atoms with Crippen LogP contribution in [0.1, 0.15) is 50.3 Å². The third-order valence-corrected chi connectivity index (χ3v) is 9.30. The quantitative estimate of drug-likeness (QED) is 0.333. The number of nitrogens with one attached hydrogen (secondary N) is 3. The van der Waals surface area contributed by atoms with Gasteiger partial charge in [0.25, 0.3) is 0 Å². The molecule has 2 aromatic carbocycles. The minimum atomic E-state index is -3.38. The Bertz CT molecular complexity index is 1170. The zero-order chi connectivity index (χ0) is 26.8. The van der Waals surface area contributed by atoms with Crippen molar-refractivity contribution in [2.45, 2.75) is 70.2 Å². The summed E-state index contributed by atoms with van der Waals surface area (Å²) in [5.41, 5.74) is 3.05. The van der Waals surface area contributed by atoms with Crippen molar-refractivity contribution in [3.8, 4) is 0 Å². The smallest absolute Gasteiger partial charge is 0.152 e. The molecule has 0 bridgehead atoms. The van der Waals surface area contributed by atoms with Gasteiger partial charge in [-0.2, -0.15) is 0 Å². The van der Waals surface area contributed by atoms with Crippen molar-refractivity contribution in [3.05, 3.63) is 63.9 Å². The van der Waals surface area contributed by atoms with E-state index in [-0.39, 0.29) is 34.1 Å². The van der Waals surface area contributed by atoms with Gasteiger partial charge in [-0.15, -0.1) is 0 Å². The van der Waals surface area contributed by atoms with E-state index >= 15 is 0 Å². The summed E-state index contributed by atoms with van der Waals surface area (Å²) in [4.78, 5) is 0. The maximum Gasteiger partial charge on any atom is 0.152 e. The van der Waals surface area contributed by atoms with E-state index in [4.69, 9.17) is 11.6 Å². The van der Waals surface area contributed by atoms with Gasteiger partial charge in [-0.05, 0) is 53.5 Å². The molecule has 4 rings (SSSR count). The Morgan fingerprint density at radius 3 is 2.49 bits per heavy atom. The van der Waals surface area contributed by atoms with Crippen molar-refractivity contribution >= 4 is 27.1 Å². The van der Waals surface area contributed by atoms with Gasteiger partial charge in [0.2, 0.25) is 0 Å². The van der Waals surface area contributed by atoms with E-state index in [0.717, 1.165) is 12.1 Å². The highest BCUT2D eigenvalue weighted by Gasteiger charge is 2.39. The second-order valence-corrected chi connectivity index (χ2v) is 14.1. The summed E-state index contributed by atoms with van der Waals surface area (Å²) in [5.74, 6) is -1.31. The number of hydrogen-bond acceptors (Lipinski definition) is 6. The molecule has 1 heterocycles. The van der Waals surface area contributed by atoms with Crippen LogP contribution in [0.4, 0.5) is 10.1 Å². The predicted molar refractivity (Wildman–Crippen MR) is 149 cm³/mol. The molecule has 37 heavy (non-hydrogen) atoms. The highest BCUT2D eigenvalue weighted by Crippen LogP contribution is 2.30. The van der Waals surface area contributed by atoms with Crippen LogP contribution in [0.5, 0.6) is 0 Å².